The van der Waals surface area contributed by atoms with Crippen molar-refractivity contribution in [1.82, 2.24) is 0 Å². The van der Waals surface area contributed by atoms with Gasteiger partial charge in [0.25, 0.3) is 0 Å². The van der Waals surface area contributed by atoms with Gasteiger partial charge >= 0.3 is 23.9 Å². The Hall–Kier alpha value is -1.89. The lowest BCUT2D eigenvalue weighted by molar-refractivity contribution is -0.161. The Morgan fingerprint density at radius 3 is 0.959 bits per heavy atom. The number of unbranched alkanes of at least 4 members (excludes halogenated alkanes) is 22. The van der Waals surface area contributed by atoms with Crippen molar-refractivity contribution < 1.29 is 28.7 Å². The maximum absolute atomic E-state index is 11.9. The lowest BCUT2D eigenvalue weighted by Crippen LogP contribution is -2.14. The highest BCUT2D eigenvalue weighted by molar-refractivity contribution is 7.99. The second-order valence-electron chi connectivity index (χ2n) is 13.5. The molecule has 0 spiro atoms. The molecule has 0 saturated carbocycles. The zero-order valence-corrected chi connectivity index (χ0v) is 32.6. The maximum Gasteiger partial charge on any atom is 0.314 e. The molecule has 49 heavy (non-hydrogen) atoms. The van der Waals surface area contributed by atoms with Crippen molar-refractivity contribution in [2.24, 2.45) is 0 Å². The molecular weight excluding hydrogens is 633 g/mol. The number of carbonyl (C=O) groups excluding carboxylic acids is 4. The van der Waals surface area contributed by atoms with Crippen molar-refractivity contribution in [2.45, 2.75) is 206 Å². The average molecular weight is 707 g/mol. The molecule has 284 valence electrons. The number of hydrogen-bond acceptors (Lipinski definition) is 7. The lowest BCUT2D eigenvalue weighted by atomic mass is 10.1. The normalized spacial score (nSPS) is 11.5. The molecule has 7 heteroatoms. The number of allylic oxidation sites excluding steroid dienone is 4. The predicted octanol–water partition coefficient (Wildman–Crippen LogP) is 12.7. The standard InChI is InChI=1S/C42H74O6S/c1-3-5-7-9-11-13-15-17-19-21-23-25-27-29-31-33-39(43)47-41(45)35-37-49-38-36-42(46)48-40(44)34-32-30-28-26-24-22-20-18-16-14-12-10-8-6-4-2/h17-20H,3-16,21-38H2,1-2H3/b19-17-,20-18-. The SMILES string of the molecule is CCCCCCCC/C=C\CCCCCCCC(=O)OC(=O)CCSCCC(=O)OC(=O)CCCCCCC/C=C\CCCCCCCC. The topological polar surface area (TPSA) is 86.7 Å². The van der Waals surface area contributed by atoms with E-state index in [1.165, 1.54) is 114 Å². The minimum Gasteiger partial charge on any atom is -0.393 e. The molecule has 0 fully saturated rings. The summed E-state index contributed by atoms with van der Waals surface area (Å²) in [5.74, 6) is -1.06. The Kier molecular flexibility index (Phi) is 37.4. The summed E-state index contributed by atoms with van der Waals surface area (Å²) in [5, 5.41) is 0. The Labute approximate surface area is 305 Å². The molecule has 0 N–H and O–H groups in total. The quantitative estimate of drug-likeness (QED) is 0.0277. The first-order valence-electron chi connectivity index (χ1n) is 20.3. The predicted molar refractivity (Wildman–Crippen MR) is 208 cm³/mol. The van der Waals surface area contributed by atoms with Crippen LogP contribution < -0.4 is 0 Å². The van der Waals surface area contributed by atoms with Crippen molar-refractivity contribution in [2.75, 3.05) is 11.5 Å². The molecule has 0 aromatic heterocycles. The molecule has 0 aromatic rings. The van der Waals surface area contributed by atoms with Crippen molar-refractivity contribution in [3.63, 3.8) is 0 Å². The zero-order valence-electron chi connectivity index (χ0n) is 31.8. The van der Waals surface area contributed by atoms with E-state index in [0.29, 0.717) is 11.5 Å². The van der Waals surface area contributed by atoms with E-state index < -0.39 is 23.9 Å². The van der Waals surface area contributed by atoms with E-state index >= 15 is 0 Å². The van der Waals surface area contributed by atoms with E-state index in [4.69, 9.17) is 9.47 Å². The van der Waals surface area contributed by atoms with Crippen LogP contribution in [0.15, 0.2) is 24.3 Å². The molecule has 0 aromatic carbocycles. The fourth-order valence-electron chi connectivity index (χ4n) is 5.55. The Balaban J connectivity index is 3.52. The number of thioether (sulfide) groups is 1. The molecule has 0 bridgehead atoms. The van der Waals surface area contributed by atoms with Gasteiger partial charge in [-0.3, -0.25) is 19.2 Å². The fourth-order valence-corrected chi connectivity index (χ4v) is 6.38. The van der Waals surface area contributed by atoms with E-state index in [1.807, 2.05) is 0 Å². The van der Waals surface area contributed by atoms with Crippen LogP contribution in [0.25, 0.3) is 0 Å². The van der Waals surface area contributed by atoms with Crippen LogP contribution in [0, 0.1) is 0 Å². The van der Waals surface area contributed by atoms with Gasteiger partial charge in [0, 0.05) is 24.3 Å². The molecule has 0 radical (unpaired) electrons. The number of rotatable bonds is 36. The number of carbonyl (C=O) groups is 4. The van der Waals surface area contributed by atoms with Gasteiger partial charge in [0.15, 0.2) is 0 Å². The first-order valence-corrected chi connectivity index (χ1v) is 21.5. The summed E-state index contributed by atoms with van der Waals surface area (Å²) in [6, 6.07) is 0. The molecule has 0 saturated heterocycles. The molecular formula is C42H74O6S. The molecule has 0 amide bonds. The molecule has 0 atom stereocenters. The van der Waals surface area contributed by atoms with Crippen LogP contribution in [0.2, 0.25) is 0 Å². The summed E-state index contributed by atoms with van der Waals surface area (Å²) in [4.78, 5) is 47.7. The molecule has 0 aliphatic heterocycles. The van der Waals surface area contributed by atoms with Crippen molar-refractivity contribution in [3.05, 3.63) is 24.3 Å². The van der Waals surface area contributed by atoms with Gasteiger partial charge in [-0.25, -0.2) is 0 Å². The van der Waals surface area contributed by atoms with Crippen molar-refractivity contribution >= 4 is 35.6 Å². The summed E-state index contributed by atoms with van der Waals surface area (Å²) in [6.07, 6.45) is 41.1. The third kappa shape index (κ3) is 38.8. The van der Waals surface area contributed by atoms with E-state index in [9.17, 15) is 19.2 Å². The summed E-state index contributed by atoms with van der Waals surface area (Å²) in [7, 11) is 0. The van der Waals surface area contributed by atoms with Crippen LogP contribution in [-0.4, -0.2) is 35.4 Å². The number of ether oxygens (including phenoxy) is 2. The maximum atomic E-state index is 11.9. The monoisotopic (exact) mass is 707 g/mol. The van der Waals surface area contributed by atoms with Gasteiger partial charge in [0.2, 0.25) is 0 Å². The molecule has 0 heterocycles. The number of esters is 4. The zero-order chi connectivity index (χ0) is 35.9. The third-order valence-corrected chi connectivity index (χ3v) is 9.63. The lowest BCUT2D eigenvalue weighted by Gasteiger charge is -2.05. The van der Waals surface area contributed by atoms with E-state index in [0.717, 1.165) is 64.2 Å². The van der Waals surface area contributed by atoms with Gasteiger partial charge in [0.05, 0.1) is 12.8 Å². The molecule has 0 aliphatic carbocycles. The Morgan fingerprint density at radius 1 is 0.367 bits per heavy atom. The minimum atomic E-state index is -0.525. The van der Waals surface area contributed by atoms with Gasteiger partial charge < -0.3 is 9.47 Å². The Bertz CT molecular complexity index is 784. The van der Waals surface area contributed by atoms with Gasteiger partial charge in [-0.2, -0.15) is 11.8 Å². The van der Waals surface area contributed by atoms with Gasteiger partial charge in [-0.05, 0) is 64.2 Å². The Morgan fingerprint density at radius 2 is 0.633 bits per heavy atom. The summed E-state index contributed by atoms with van der Waals surface area (Å²) >= 11 is 1.41. The van der Waals surface area contributed by atoms with E-state index in [1.54, 1.807) is 0 Å². The largest absolute Gasteiger partial charge is 0.393 e. The minimum absolute atomic E-state index is 0.117. The summed E-state index contributed by atoms with van der Waals surface area (Å²) < 4.78 is 9.83. The number of hydrogen-bond donors (Lipinski definition) is 0. The first-order chi connectivity index (χ1) is 24.0. The summed E-state index contributed by atoms with van der Waals surface area (Å²) in [5.41, 5.74) is 0. The fraction of sp³-hybridized carbons (Fsp3) is 0.810. The second-order valence-corrected chi connectivity index (χ2v) is 14.7. The molecule has 0 aliphatic rings. The molecule has 0 rings (SSSR count). The van der Waals surface area contributed by atoms with Gasteiger partial charge in [0.1, 0.15) is 0 Å². The van der Waals surface area contributed by atoms with Crippen LogP contribution in [0.1, 0.15) is 206 Å². The highest BCUT2D eigenvalue weighted by Crippen LogP contribution is 2.13. The highest BCUT2D eigenvalue weighted by Gasteiger charge is 2.12. The van der Waals surface area contributed by atoms with Crippen LogP contribution in [0.3, 0.4) is 0 Å². The smallest absolute Gasteiger partial charge is 0.314 e. The van der Waals surface area contributed by atoms with Crippen LogP contribution in [0.5, 0.6) is 0 Å². The molecule has 6 nitrogen and oxygen atoms in total. The van der Waals surface area contributed by atoms with Gasteiger partial charge in [-0.1, -0.05) is 141 Å². The van der Waals surface area contributed by atoms with E-state index in [-0.39, 0.29) is 25.7 Å². The second kappa shape index (κ2) is 38.9. The third-order valence-electron chi connectivity index (χ3n) is 8.64. The average Bonchev–Trinajstić information content (AvgIpc) is 3.08. The van der Waals surface area contributed by atoms with Crippen LogP contribution in [0.4, 0.5) is 0 Å². The van der Waals surface area contributed by atoms with E-state index in [2.05, 4.69) is 38.2 Å². The van der Waals surface area contributed by atoms with Crippen LogP contribution >= 0.6 is 11.8 Å². The van der Waals surface area contributed by atoms with Gasteiger partial charge in [-0.15, -0.1) is 0 Å². The first kappa shape index (κ1) is 47.1. The molecule has 0 unspecified atom stereocenters. The summed E-state index contributed by atoms with van der Waals surface area (Å²) in [6.45, 7) is 4.50. The van der Waals surface area contributed by atoms with Crippen molar-refractivity contribution in [3.8, 4) is 0 Å². The van der Waals surface area contributed by atoms with Crippen molar-refractivity contribution in [1.29, 1.82) is 0 Å². The highest BCUT2D eigenvalue weighted by atomic mass is 32.2. The van der Waals surface area contributed by atoms with Crippen LogP contribution in [-0.2, 0) is 28.7 Å².